The van der Waals surface area contributed by atoms with Crippen LogP contribution in [-0.4, -0.2) is 52.4 Å². The van der Waals surface area contributed by atoms with Crippen molar-refractivity contribution in [1.29, 1.82) is 0 Å². The number of nitrogens with zero attached hydrogens (tertiary/aromatic N) is 3. The molecule has 0 spiro atoms. The minimum absolute atomic E-state index is 0.0281. The van der Waals surface area contributed by atoms with Crippen molar-refractivity contribution in [2.75, 3.05) is 26.2 Å². The summed E-state index contributed by atoms with van der Waals surface area (Å²) in [5.74, 6) is 0.205. The van der Waals surface area contributed by atoms with Crippen molar-refractivity contribution in [1.82, 2.24) is 15.0 Å². The molecule has 118 valence electrons. The fourth-order valence-electron chi connectivity index (χ4n) is 2.53. The molecule has 0 aliphatic carbocycles. The van der Waals surface area contributed by atoms with Crippen LogP contribution in [0.4, 0.5) is 0 Å². The van der Waals surface area contributed by atoms with Crippen LogP contribution in [0.2, 0.25) is 0 Å². The van der Waals surface area contributed by atoms with Gasteiger partial charge in [-0.1, -0.05) is 19.0 Å². The molecule has 0 saturated carbocycles. The molecule has 1 aromatic rings. The van der Waals surface area contributed by atoms with Crippen LogP contribution in [0, 0.1) is 5.92 Å². The first kappa shape index (κ1) is 15.9. The van der Waals surface area contributed by atoms with Gasteiger partial charge in [-0.05, 0) is 18.9 Å². The Labute approximate surface area is 124 Å². The third-order valence-corrected chi connectivity index (χ3v) is 3.51. The van der Waals surface area contributed by atoms with Gasteiger partial charge in [-0.2, -0.15) is 4.98 Å². The first-order valence-corrected chi connectivity index (χ1v) is 7.46. The molecular formula is C14H23N3O4. The highest BCUT2D eigenvalue weighted by Gasteiger charge is 2.26. The third-order valence-electron chi connectivity index (χ3n) is 3.51. The molecule has 1 N–H and O–H groups in total. The average Bonchev–Trinajstić information content (AvgIpc) is 2.87. The molecule has 2 unspecified atom stereocenters. The standard InChI is InChI=1S/C14H23N3O4/c1-3-4-17-5-6-20-11(9-17)14-15-12(21-16-14)7-10(2)8-13(18)19/h10-11H,3-9H2,1-2H3,(H,18,19). The van der Waals surface area contributed by atoms with Gasteiger partial charge in [-0.15, -0.1) is 0 Å². The van der Waals surface area contributed by atoms with E-state index in [4.69, 9.17) is 14.4 Å². The van der Waals surface area contributed by atoms with Crippen LogP contribution < -0.4 is 0 Å². The van der Waals surface area contributed by atoms with Gasteiger partial charge >= 0.3 is 5.97 Å². The molecule has 0 bridgehead atoms. The van der Waals surface area contributed by atoms with Crippen LogP contribution in [-0.2, 0) is 16.0 Å². The van der Waals surface area contributed by atoms with Gasteiger partial charge < -0.3 is 14.4 Å². The first-order chi connectivity index (χ1) is 10.1. The lowest BCUT2D eigenvalue weighted by Crippen LogP contribution is -2.39. The minimum Gasteiger partial charge on any atom is -0.481 e. The van der Waals surface area contributed by atoms with Crippen molar-refractivity contribution in [2.45, 2.75) is 39.2 Å². The summed E-state index contributed by atoms with van der Waals surface area (Å²) in [5, 5.41) is 12.7. The second-order valence-electron chi connectivity index (χ2n) is 5.61. The van der Waals surface area contributed by atoms with Gasteiger partial charge in [0.1, 0.15) is 6.10 Å². The van der Waals surface area contributed by atoms with Gasteiger partial charge in [0.15, 0.2) is 0 Å². The summed E-state index contributed by atoms with van der Waals surface area (Å²) in [6.07, 6.45) is 1.53. The van der Waals surface area contributed by atoms with E-state index < -0.39 is 5.97 Å². The molecular weight excluding hydrogens is 274 g/mol. The van der Waals surface area contributed by atoms with Gasteiger partial charge in [0.2, 0.25) is 11.7 Å². The Balaban J connectivity index is 1.91. The van der Waals surface area contributed by atoms with Gasteiger partial charge in [-0.3, -0.25) is 9.69 Å². The van der Waals surface area contributed by atoms with E-state index in [2.05, 4.69) is 22.0 Å². The van der Waals surface area contributed by atoms with Crippen LogP contribution in [0.25, 0.3) is 0 Å². The third kappa shape index (κ3) is 4.78. The highest BCUT2D eigenvalue weighted by Crippen LogP contribution is 2.21. The molecule has 0 amide bonds. The van der Waals surface area contributed by atoms with Gasteiger partial charge in [-0.25, -0.2) is 0 Å². The van der Waals surface area contributed by atoms with E-state index in [9.17, 15) is 4.79 Å². The van der Waals surface area contributed by atoms with E-state index in [0.717, 1.165) is 26.1 Å². The highest BCUT2D eigenvalue weighted by molar-refractivity contribution is 5.66. The van der Waals surface area contributed by atoms with Crippen molar-refractivity contribution >= 4 is 5.97 Å². The lowest BCUT2D eigenvalue weighted by Gasteiger charge is -2.30. The Bertz CT molecular complexity index is 461. The fraction of sp³-hybridized carbons (Fsp3) is 0.786. The smallest absolute Gasteiger partial charge is 0.303 e. The maximum absolute atomic E-state index is 10.7. The van der Waals surface area contributed by atoms with Crippen molar-refractivity contribution in [3.05, 3.63) is 11.7 Å². The molecule has 1 aliphatic heterocycles. The number of hydrogen-bond acceptors (Lipinski definition) is 6. The lowest BCUT2D eigenvalue weighted by molar-refractivity contribution is -0.137. The second-order valence-corrected chi connectivity index (χ2v) is 5.61. The molecule has 7 nitrogen and oxygen atoms in total. The normalized spacial score (nSPS) is 21.3. The van der Waals surface area contributed by atoms with Crippen LogP contribution in [0.5, 0.6) is 0 Å². The molecule has 0 aromatic carbocycles. The van der Waals surface area contributed by atoms with E-state index >= 15 is 0 Å². The summed E-state index contributed by atoms with van der Waals surface area (Å²) in [5.41, 5.74) is 0. The highest BCUT2D eigenvalue weighted by atomic mass is 16.5. The molecule has 2 heterocycles. The molecule has 2 rings (SSSR count). The number of rotatable bonds is 7. The number of carbonyl (C=O) groups is 1. The van der Waals surface area contributed by atoms with E-state index in [1.165, 1.54) is 0 Å². The molecule has 21 heavy (non-hydrogen) atoms. The van der Waals surface area contributed by atoms with Crippen LogP contribution in [0.1, 0.15) is 44.5 Å². The molecule has 1 fully saturated rings. The van der Waals surface area contributed by atoms with Crippen molar-refractivity contribution in [3.63, 3.8) is 0 Å². The molecule has 7 heteroatoms. The summed E-state index contributed by atoms with van der Waals surface area (Å²) in [7, 11) is 0. The van der Waals surface area contributed by atoms with Crippen LogP contribution in [0.3, 0.4) is 0 Å². The van der Waals surface area contributed by atoms with Crippen LogP contribution in [0.15, 0.2) is 4.52 Å². The number of carboxylic acid groups (broad SMARTS) is 1. The Kier molecular flexibility index (Phi) is 5.69. The summed E-state index contributed by atoms with van der Waals surface area (Å²) < 4.78 is 10.9. The Hall–Kier alpha value is -1.47. The quantitative estimate of drug-likeness (QED) is 0.815. The first-order valence-electron chi connectivity index (χ1n) is 7.46. The maximum atomic E-state index is 10.7. The second kappa shape index (κ2) is 7.51. The molecule has 2 atom stereocenters. The predicted molar refractivity (Wildman–Crippen MR) is 74.8 cm³/mol. The lowest BCUT2D eigenvalue weighted by atomic mass is 10.0. The Morgan fingerprint density at radius 1 is 1.57 bits per heavy atom. The van der Waals surface area contributed by atoms with Crippen molar-refractivity contribution < 1.29 is 19.2 Å². The Morgan fingerprint density at radius 2 is 2.38 bits per heavy atom. The number of aromatic nitrogens is 2. The summed E-state index contributed by atoms with van der Waals surface area (Å²) >= 11 is 0. The van der Waals surface area contributed by atoms with Crippen LogP contribution >= 0.6 is 0 Å². The van der Waals surface area contributed by atoms with E-state index in [-0.39, 0.29) is 18.4 Å². The summed E-state index contributed by atoms with van der Waals surface area (Å²) in [4.78, 5) is 17.3. The number of hydrogen-bond donors (Lipinski definition) is 1. The number of aliphatic carboxylic acids is 1. The van der Waals surface area contributed by atoms with Gasteiger partial charge in [0, 0.05) is 25.9 Å². The summed E-state index contributed by atoms with van der Waals surface area (Å²) in [6.45, 7) is 7.44. The van der Waals surface area contributed by atoms with Crippen molar-refractivity contribution in [3.8, 4) is 0 Å². The zero-order valence-corrected chi connectivity index (χ0v) is 12.6. The monoisotopic (exact) mass is 297 g/mol. The molecule has 1 aliphatic rings. The van der Waals surface area contributed by atoms with E-state index in [0.29, 0.717) is 24.7 Å². The Morgan fingerprint density at radius 3 is 3.10 bits per heavy atom. The van der Waals surface area contributed by atoms with E-state index in [1.54, 1.807) is 0 Å². The van der Waals surface area contributed by atoms with Crippen molar-refractivity contribution in [2.24, 2.45) is 5.92 Å². The zero-order chi connectivity index (χ0) is 15.2. The van der Waals surface area contributed by atoms with E-state index in [1.807, 2.05) is 6.92 Å². The fourth-order valence-corrected chi connectivity index (χ4v) is 2.53. The average molecular weight is 297 g/mol. The van der Waals surface area contributed by atoms with Gasteiger partial charge in [0.25, 0.3) is 0 Å². The minimum atomic E-state index is -0.812. The number of ether oxygens (including phenoxy) is 1. The largest absolute Gasteiger partial charge is 0.481 e. The summed E-state index contributed by atoms with van der Waals surface area (Å²) in [6, 6.07) is 0. The SMILES string of the molecule is CCCN1CCOC(c2noc(CC(C)CC(=O)O)n2)C1. The topological polar surface area (TPSA) is 88.7 Å². The zero-order valence-electron chi connectivity index (χ0n) is 12.6. The maximum Gasteiger partial charge on any atom is 0.303 e. The number of morpholine rings is 1. The van der Waals surface area contributed by atoms with Gasteiger partial charge in [0.05, 0.1) is 6.61 Å². The predicted octanol–water partition coefficient (Wildman–Crippen LogP) is 1.51. The number of carboxylic acids is 1. The molecule has 1 aromatic heterocycles. The molecule has 0 radical (unpaired) electrons. The molecule has 1 saturated heterocycles.